The first-order valence-electron chi connectivity index (χ1n) is 4.88. The van der Waals surface area contributed by atoms with Gasteiger partial charge in [-0.3, -0.25) is 0 Å². The third kappa shape index (κ3) is 2.52. The van der Waals surface area contributed by atoms with E-state index >= 15 is 0 Å². The average molecular weight is 230 g/mol. The molecule has 0 spiro atoms. The van der Waals surface area contributed by atoms with Crippen LogP contribution in [0.3, 0.4) is 0 Å². The first-order chi connectivity index (χ1) is 8.16. The summed E-state index contributed by atoms with van der Waals surface area (Å²) in [4.78, 5) is 0. The molecule has 86 valence electrons. The molecule has 5 heteroatoms. The Bertz CT molecular complexity index is 567. The summed E-state index contributed by atoms with van der Waals surface area (Å²) >= 11 is 0. The van der Waals surface area contributed by atoms with Gasteiger partial charge in [0.15, 0.2) is 11.5 Å². The second kappa shape index (κ2) is 4.52. The molecule has 17 heavy (non-hydrogen) atoms. The van der Waals surface area contributed by atoms with Gasteiger partial charge in [0.1, 0.15) is 11.4 Å². The minimum absolute atomic E-state index is 0.0848. The van der Waals surface area contributed by atoms with Gasteiger partial charge < -0.3 is 15.3 Å². The van der Waals surface area contributed by atoms with Crippen molar-refractivity contribution in [3.05, 3.63) is 42.5 Å². The van der Waals surface area contributed by atoms with Gasteiger partial charge in [0, 0.05) is 6.07 Å². The van der Waals surface area contributed by atoms with Crippen LogP contribution in [0.15, 0.2) is 52.7 Å². The van der Waals surface area contributed by atoms with Gasteiger partial charge in [-0.25, -0.2) is 0 Å². The Labute approximate surface area is 97.3 Å². The molecule has 0 heterocycles. The lowest BCUT2D eigenvalue weighted by molar-refractivity contribution is 0.404. The smallest absolute Gasteiger partial charge is 0.185 e. The molecule has 0 aromatic heterocycles. The highest BCUT2D eigenvalue weighted by molar-refractivity contribution is 5.58. The van der Waals surface area contributed by atoms with Crippen LogP contribution in [0, 0.1) is 0 Å². The zero-order valence-corrected chi connectivity index (χ0v) is 8.78. The van der Waals surface area contributed by atoms with E-state index < -0.39 is 0 Å². The minimum Gasteiger partial charge on any atom is -0.508 e. The van der Waals surface area contributed by atoms with Crippen LogP contribution in [-0.4, -0.2) is 15.3 Å². The van der Waals surface area contributed by atoms with E-state index in [9.17, 15) is 15.3 Å². The molecule has 0 radical (unpaired) electrons. The lowest BCUT2D eigenvalue weighted by Crippen LogP contribution is -1.69. The van der Waals surface area contributed by atoms with Crippen LogP contribution in [0.4, 0.5) is 11.4 Å². The van der Waals surface area contributed by atoms with Gasteiger partial charge in [-0.05, 0) is 24.3 Å². The van der Waals surface area contributed by atoms with Crippen molar-refractivity contribution in [3.63, 3.8) is 0 Å². The van der Waals surface area contributed by atoms with Crippen LogP contribution in [-0.2, 0) is 0 Å². The van der Waals surface area contributed by atoms with Crippen LogP contribution in [0.5, 0.6) is 17.2 Å². The molecule has 0 saturated carbocycles. The highest BCUT2D eigenvalue weighted by Gasteiger charge is 2.04. The maximum Gasteiger partial charge on any atom is 0.185 e. The van der Waals surface area contributed by atoms with Crippen molar-refractivity contribution in [2.45, 2.75) is 0 Å². The lowest BCUT2D eigenvalue weighted by Gasteiger charge is -1.99. The third-order valence-corrected chi connectivity index (χ3v) is 2.10. The van der Waals surface area contributed by atoms with E-state index in [2.05, 4.69) is 10.2 Å². The Kier molecular flexibility index (Phi) is 2.91. The molecular formula is C12H10N2O3. The number of rotatable bonds is 2. The highest BCUT2D eigenvalue weighted by Crippen LogP contribution is 2.35. The van der Waals surface area contributed by atoms with Crippen LogP contribution < -0.4 is 0 Å². The first-order valence-corrected chi connectivity index (χ1v) is 4.88. The van der Waals surface area contributed by atoms with E-state index in [1.807, 2.05) is 0 Å². The molecule has 0 atom stereocenters. The number of phenols is 3. The third-order valence-electron chi connectivity index (χ3n) is 2.10. The Morgan fingerprint density at radius 2 is 1.59 bits per heavy atom. The molecular weight excluding hydrogens is 220 g/mol. The molecule has 0 bridgehead atoms. The number of benzene rings is 2. The Morgan fingerprint density at radius 3 is 2.35 bits per heavy atom. The zero-order valence-electron chi connectivity index (χ0n) is 8.78. The molecule has 2 rings (SSSR count). The maximum atomic E-state index is 9.48. The number of aromatic hydroxyl groups is 3. The van der Waals surface area contributed by atoms with Crippen LogP contribution in [0.25, 0.3) is 0 Å². The van der Waals surface area contributed by atoms with Crippen molar-refractivity contribution in [1.29, 1.82) is 0 Å². The van der Waals surface area contributed by atoms with Crippen molar-refractivity contribution in [2.24, 2.45) is 10.2 Å². The van der Waals surface area contributed by atoms with E-state index in [0.717, 1.165) is 0 Å². The summed E-state index contributed by atoms with van der Waals surface area (Å²) in [7, 11) is 0. The normalized spacial score (nSPS) is 10.8. The van der Waals surface area contributed by atoms with Gasteiger partial charge in [0.05, 0.1) is 5.69 Å². The predicted octanol–water partition coefficient (Wildman–Crippen LogP) is 3.22. The molecule has 0 fully saturated rings. The summed E-state index contributed by atoms with van der Waals surface area (Å²) in [6, 6.07) is 10.7. The molecule has 0 amide bonds. The second-order valence-corrected chi connectivity index (χ2v) is 3.36. The molecule has 0 saturated heterocycles. The number of nitrogens with zero attached hydrogens (tertiary/aromatic N) is 2. The van der Waals surface area contributed by atoms with Crippen molar-refractivity contribution < 1.29 is 15.3 Å². The molecule has 2 aromatic rings. The van der Waals surface area contributed by atoms with Crippen LogP contribution in [0.1, 0.15) is 0 Å². The summed E-state index contributed by atoms with van der Waals surface area (Å²) in [5.74, 6) is -0.490. The van der Waals surface area contributed by atoms with E-state index in [1.54, 1.807) is 18.2 Å². The molecule has 2 aromatic carbocycles. The van der Waals surface area contributed by atoms with E-state index in [0.29, 0.717) is 5.69 Å². The largest absolute Gasteiger partial charge is 0.508 e. The summed E-state index contributed by atoms with van der Waals surface area (Å²) in [6.45, 7) is 0. The topological polar surface area (TPSA) is 85.4 Å². The molecule has 0 unspecified atom stereocenters. The SMILES string of the molecule is Oc1cccc(N=Nc2cccc(O)c2O)c1. The number of para-hydroxylation sites is 1. The van der Waals surface area contributed by atoms with E-state index in [4.69, 9.17) is 0 Å². The first kappa shape index (κ1) is 10.9. The fourth-order valence-electron chi connectivity index (χ4n) is 1.27. The lowest BCUT2D eigenvalue weighted by atomic mass is 10.3. The Hall–Kier alpha value is -2.56. The van der Waals surface area contributed by atoms with Crippen molar-refractivity contribution in [3.8, 4) is 17.2 Å². The van der Waals surface area contributed by atoms with E-state index in [1.165, 1.54) is 24.3 Å². The van der Waals surface area contributed by atoms with Gasteiger partial charge in [-0.2, -0.15) is 5.11 Å². The van der Waals surface area contributed by atoms with Crippen LogP contribution in [0.2, 0.25) is 0 Å². The minimum atomic E-state index is -0.323. The molecule has 0 aliphatic carbocycles. The number of hydrogen-bond acceptors (Lipinski definition) is 5. The maximum absolute atomic E-state index is 9.48. The summed E-state index contributed by atoms with van der Waals surface area (Å²) < 4.78 is 0. The highest BCUT2D eigenvalue weighted by atomic mass is 16.3. The Morgan fingerprint density at radius 1 is 0.824 bits per heavy atom. The second-order valence-electron chi connectivity index (χ2n) is 3.36. The quantitative estimate of drug-likeness (QED) is 0.547. The summed E-state index contributed by atoms with van der Waals surface area (Å²) in [5, 5.41) is 35.6. The molecule has 3 N–H and O–H groups in total. The average Bonchev–Trinajstić information content (AvgIpc) is 2.31. The van der Waals surface area contributed by atoms with Gasteiger partial charge in [0.2, 0.25) is 0 Å². The number of hydrogen-bond donors (Lipinski definition) is 3. The van der Waals surface area contributed by atoms with Gasteiger partial charge in [-0.15, -0.1) is 5.11 Å². The number of phenolic OH excluding ortho intramolecular Hbond substituents is 3. The fraction of sp³-hybridized carbons (Fsp3) is 0. The fourth-order valence-corrected chi connectivity index (χ4v) is 1.27. The Balaban J connectivity index is 2.29. The van der Waals surface area contributed by atoms with Gasteiger partial charge >= 0.3 is 0 Å². The summed E-state index contributed by atoms with van der Waals surface area (Å²) in [6.07, 6.45) is 0. The molecule has 0 aliphatic heterocycles. The zero-order chi connectivity index (χ0) is 12.3. The van der Waals surface area contributed by atoms with E-state index in [-0.39, 0.29) is 22.9 Å². The van der Waals surface area contributed by atoms with Crippen molar-refractivity contribution in [2.75, 3.05) is 0 Å². The van der Waals surface area contributed by atoms with Crippen molar-refractivity contribution >= 4 is 11.4 Å². The van der Waals surface area contributed by atoms with Gasteiger partial charge in [0.25, 0.3) is 0 Å². The number of azo groups is 1. The van der Waals surface area contributed by atoms with Crippen molar-refractivity contribution in [1.82, 2.24) is 0 Å². The molecule has 5 nitrogen and oxygen atoms in total. The summed E-state index contributed by atoms with van der Waals surface area (Å²) in [5.41, 5.74) is 0.612. The predicted molar refractivity (Wildman–Crippen MR) is 62.1 cm³/mol. The van der Waals surface area contributed by atoms with Crippen LogP contribution >= 0.6 is 0 Å². The standard InChI is InChI=1S/C12H10N2O3/c15-9-4-1-3-8(7-9)13-14-10-5-2-6-11(16)12(10)17/h1-7,15-17H. The van der Waals surface area contributed by atoms with Gasteiger partial charge in [-0.1, -0.05) is 12.1 Å². The monoisotopic (exact) mass is 230 g/mol. The molecule has 0 aliphatic rings.